The van der Waals surface area contributed by atoms with Gasteiger partial charge in [0, 0.05) is 41.7 Å². The molecule has 1 unspecified atom stereocenters. The first kappa shape index (κ1) is 34.9. The van der Waals surface area contributed by atoms with Crippen molar-refractivity contribution in [2.24, 2.45) is 0 Å². The molecule has 3 aromatic carbocycles. The molecule has 1 amide bonds. The fourth-order valence-electron chi connectivity index (χ4n) is 6.34. The van der Waals surface area contributed by atoms with Gasteiger partial charge in [-0.2, -0.15) is 0 Å². The van der Waals surface area contributed by atoms with Crippen LogP contribution in [0.15, 0.2) is 77.6 Å². The molecular weight excluding hydrogens is 634 g/mol. The van der Waals surface area contributed by atoms with Crippen molar-refractivity contribution in [2.75, 3.05) is 39.9 Å². The number of methoxy groups -OCH3 is 1. The van der Waals surface area contributed by atoms with Crippen molar-refractivity contribution < 1.29 is 29.3 Å². The number of hydrogen-bond donors (Lipinski definition) is 4. The van der Waals surface area contributed by atoms with E-state index >= 15 is 0 Å². The van der Waals surface area contributed by atoms with Gasteiger partial charge < -0.3 is 34.9 Å². The van der Waals surface area contributed by atoms with Crippen LogP contribution in [0.1, 0.15) is 66.1 Å². The van der Waals surface area contributed by atoms with Gasteiger partial charge >= 0.3 is 5.97 Å². The lowest BCUT2D eigenvalue weighted by molar-refractivity contribution is -0.149. The molecule has 0 spiro atoms. The van der Waals surface area contributed by atoms with E-state index in [1.807, 2.05) is 24.3 Å². The van der Waals surface area contributed by atoms with Crippen molar-refractivity contribution in [2.45, 2.75) is 50.0 Å². The van der Waals surface area contributed by atoms with Crippen LogP contribution in [0.25, 0.3) is 10.9 Å². The number of ether oxygens (including phenoxy) is 2. The number of nitrogens with zero attached hydrogens (tertiary/aromatic N) is 1. The molecule has 5 rings (SSSR count). The number of halogens is 1. The Labute approximate surface area is 284 Å². The molecule has 1 atom stereocenters. The van der Waals surface area contributed by atoms with Crippen molar-refractivity contribution in [1.29, 1.82) is 0 Å². The van der Waals surface area contributed by atoms with Gasteiger partial charge in [-0.15, -0.1) is 0 Å². The second-order valence-corrected chi connectivity index (χ2v) is 12.6. The molecule has 254 valence electrons. The molecule has 11 heteroatoms. The molecular formula is C37H42ClN3O7. The van der Waals surface area contributed by atoms with Crippen LogP contribution in [0.2, 0.25) is 5.02 Å². The minimum atomic E-state index is -0.804. The van der Waals surface area contributed by atoms with Crippen molar-refractivity contribution in [3.63, 3.8) is 0 Å². The Kier molecular flexibility index (Phi) is 11.8. The van der Waals surface area contributed by atoms with Gasteiger partial charge in [-0.1, -0.05) is 42.6 Å². The summed E-state index contributed by atoms with van der Waals surface area (Å²) >= 11 is 6.06. The highest BCUT2D eigenvalue weighted by molar-refractivity contribution is 6.30. The molecule has 48 heavy (non-hydrogen) atoms. The smallest absolute Gasteiger partial charge is 0.316 e. The van der Waals surface area contributed by atoms with Crippen LogP contribution >= 0.6 is 11.6 Å². The van der Waals surface area contributed by atoms with E-state index < -0.39 is 11.5 Å². The molecule has 0 aliphatic carbocycles. The first-order valence-electron chi connectivity index (χ1n) is 16.3. The highest BCUT2D eigenvalue weighted by Crippen LogP contribution is 2.38. The van der Waals surface area contributed by atoms with Crippen molar-refractivity contribution in [3.05, 3.63) is 105 Å². The Balaban J connectivity index is 0.985. The maximum atomic E-state index is 13.2. The maximum absolute atomic E-state index is 13.2. The average molecular weight is 676 g/mol. The van der Waals surface area contributed by atoms with E-state index in [0.717, 1.165) is 37.8 Å². The number of carbonyl (C=O) groups is 2. The third-order valence-electron chi connectivity index (χ3n) is 9.10. The Morgan fingerprint density at radius 1 is 0.958 bits per heavy atom. The summed E-state index contributed by atoms with van der Waals surface area (Å²) in [6.45, 7) is 2.55. The number of H-pyrrole nitrogens is 1. The number of amides is 1. The molecule has 0 radical (unpaired) electrons. The van der Waals surface area contributed by atoms with E-state index in [1.165, 1.54) is 19.2 Å². The van der Waals surface area contributed by atoms with Crippen molar-refractivity contribution in [3.8, 4) is 11.5 Å². The highest BCUT2D eigenvalue weighted by Gasteiger charge is 2.44. The zero-order valence-electron chi connectivity index (χ0n) is 27.0. The summed E-state index contributed by atoms with van der Waals surface area (Å²) in [7, 11) is 1.39. The third-order valence-corrected chi connectivity index (χ3v) is 9.35. The van der Waals surface area contributed by atoms with Gasteiger partial charge in [0.2, 0.25) is 5.56 Å². The Morgan fingerprint density at radius 3 is 2.38 bits per heavy atom. The number of unbranched alkanes of at least 4 members (excludes halogenated alkanes) is 3. The number of fused-ring (bicyclic) bond motifs is 1. The minimum absolute atomic E-state index is 0.0300. The lowest BCUT2D eigenvalue weighted by Crippen LogP contribution is -2.49. The predicted octanol–water partition coefficient (Wildman–Crippen LogP) is 5.50. The molecule has 1 aromatic heterocycles. The van der Waals surface area contributed by atoms with Crippen LogP contribution in [0, 0.1) is 0 Å². The van der Waals surface area contributed by atoms with Crippen LogP contribution < -0.4 is 15.6 Å². The summed E-state index contributed by atoms with van der Waals surface area (Å²) in [6, 6.07) is 20.6. The summed E-state index contributed by atoms with van der Waals surface area (Å²) < 4.78 is 11.1. The topological polar surface area (TPSA) is 141 Å². The fourth-order valence-corrected chi connectivity index (χ4v) is 6.46. The standard InChI is InChI=1S/C37H42ClN3O7/c1-47-36(46)37(26-8-10-27(38)11-9-26)18-21-41(22-19-37)35(45)25-6-12-28(13-7-25)48-23-5-3-2-4-20-39-24-32(43)29-14-16-31(42)34-30(29)15-17-33(44)40-34/h6-17,32,39,42-43H,2-5,18-24H2,1H3,(H,40,44). The number of aromatic hydroxyl groups is 1. The summed E-state index contributed by atoms with van der Waals surface area (Å²) in [4.78, 5) is 42.1. The molecule has 0 bridgehead atoms. The largest absolute Gasteiger partial charge is 0.506 e. The zero-order chi connectivity index (χ0) is 34.1. The van der Waals surface area contributed by atoms with Crippen LogP contribution in [-0.2, 0) is 14.9 Å². The predicted molar refractivity (Wildman–Crippen MR) is 185 cm³/mol. The van der Waals surface area contributed by atoms with Crippen molar-refractivity contribution in [1.82, 2.24) is 15.2 Å². The number of pyridine rings is 1. The van der Waals surface area contributed by atoms with Crippen LogP contribution in [-0.4, -0.2) is 71.9 Å². The minimum Gasteiger partial charge on any atom is -0.506 e. The number of hydrogen-bond acceptors (Lipinski definition) is 8. The van der Waals surface area contributed by atoms with E-state index in [2.05, 4.69) is 10.3 Å². The van der Waals surface area contributed by atoms with Gasteiger partial charge in [0.25, 0.3) is 5.91 Å². The maximum Gasteiger partial charge on any atom is 0.316 e. The number of phenols is 1. The zero-order valence-corrected chi connectivity index (χ0v) is 27.8. The normalized spacial score (nSPS) is 14.9. The molecule has 2 heterocycles. The molecule has 1 fully saturated rings. The quantitative estimate of drug-likeness (QED) is 0.102. The van der Waals surface area contributed by atoms with Gasteiger partial charge in [-0.05, 0) is 91.9 Å². The SMILES string of the molecule is COC(=O)C1(c2ccc(Cl)cc2)CCN(C(=O)c2ccc(OCCCCCCNCC(O)c3ccc(O)c4[nH]c(=O)ccc34)cc2)CC1. The van der Waals surface area contributed by atoms with Gasteiger partial charge in [0.05, 0.1) is 30.8 Å². The number of likely N-dealkylation sites (tertiary alicyclic amines) is 1. The number of benzene rings is 3. The highest BCUT2D eigenvalue weighted by atomic mass is 35.5. The first-order chi connectivity index (χ1) is 23.2. The number of aliphatic hydroxyl groups is 1. The monoisotopic (exact) mass is 675 g/mol. The third kappa shape index (κ3) is 8.18. The lowest BCUT2D eigenvalue weighted by atomic mass is 9.72. The number of rotatable bonds is 14. The van der Waals surface area contributed by atoms with Crippen molar-refractivity contribution >= 4 is 34.4 Å². The van der Waals surface area contributed by atoms with Gasteiger partial charge in [0.15, 0.2) is 0 Å². The molecule has 0 saturated carbocycles. The van der Waals surface area contributed by atoms with Gasteiger partial charge in [-0.3, -0.25) is 14.4 Å². The second-order valence-electron chi connectivity index (χ2n) is 12.2. The van der Waals surface area contributed by atoms with Crippen LogP contribution in [0.4, 0.5) is 0 Å². The fraction of sp³-hybridized carbons (Fsp3) is 0.378. The number of phenolic OH excluding ortho intramolecular Hbond substituents is 1. The second kappa shape index (κ2) is 16.1. The lowest BCUT2D eigenvalue weighted by Gasteiger charge is -2.40. The number of carbonyl (C=O) groups excluding carboxylic acids is 2. The molecule has 4 N–H and O–H groups in total. The van der Waals surface area contributed by atoms with E-state index in [9.17, 15) is 24.6 Å². The van der Waals surface area contributed by atoms with E-state index in [1.54, 1.807) is 41.3 Å². The van der Waals surface area contributed by atoms with Gasteiger partial charge in [-0.25, -0.2) is 0 Å². The summed E-state index contributed by atoms with van der Waals surface area (Å²) in [5, 5.41) is 25.2. The summed E-state index contributed by atoms with van der Waals surface area (Å²) in [5.74, 6) is 0.300. The number of aromatic nitrogens is 1. The van der Waals surface area contributed by atoms with Crippen LogP contribution in [0.5, 0.6) is 11.5 Å². The average Bonchev–Trinajstić information content (AvgIpc) is 3.11. The van der Waals surface area contributed by atoms with Gasteiger partial charge in [0.1, 0.15) is 11.5 Å². The number of aliphatic hydroxyl groups excluding tert-OH is 1. The van der Waals surface area contributed by atoms with E-state index in [0.29, 0.717) is 71.9 Å². The Hall–Kier alpha value is -4.38. The molecule has 4 aromatic rings. The number of esters is 1. The molecule has 1 aliphatic rings. The summed E-state index contributed by atoms with van der Waals surface area (Å²) in [5.41, 5.74) is 1.27. The van der Waals surface area contributed by atoms with E-state index in [4.69, 9.17) is 21.1 Å². The molecule has 1 aliphatic heterocycles. The number of aromatic amines is 1. The molecule has 1 saturated heterocycles. The number of piperidine rings is 1. The summed E-state index contributed by atoms with van der Waals surface area (Å²) in [6.07, 6.45) is 4.00. The first-order valence-corrected chi connectivity index (χ1v) is 16.7. The Bertz CT molecular complexity index is 1750. The number of nitrogens with one attached hydrogen (secondary N) is 2. The van der Waals surface area contributed by atoms with E-state index in [-0.39, 0.29) is 23.2 Å². The Morgan fingerprint density at radius 2 is 1.67 bits per heavy atom. The molecule has 10 nitrogen and oxygen atoms in total. The van der Waals surface area contributed by atoms with Crippen LogP contribution in [0.3, 0.4) is 0 Å².